The first-order valence-corrected chi connectivity index (χ1v) is 4.22. The Balaban J connectivity index is 2.40. The molecule has 70 valence electrons. The highest BCUT2D eigenvalue weighted by Crippen LogP contribution is 2.00. The zero-order valence-electron chi connectivity index (χ0n) is 7.36. The number of benzene rings is 1. The Hall–Kier alpha value is -1.35. The van der Waals surface area contributed by atoms with Crippen molar-refractivity contribution in [2.45, 2.75) is 6.42 Å². The average molecular weight is 179 g/mol. The molecule has 13 heavy (non-hydrogen) atoms. The molecule has 0 saturated heterocycles. The molecule has 1 aromatic carbocycles. The van der Waals surface area contributed by atoms with Gasteiger partial charge in [0.1, 0.15) is 0 Å². The van der Waals surface area contributed by atoms with Crippen LogP contribution in [0.4, 0.5) is 0 Å². The Morgan fingerprint density at radius 3 is 2.62 bits per heavy atom. The first-order chi connectivity index (χ1) is 6.34. The minimum atomic E-state index is 0.0993. The van der Waals surface area contributed by atoms with Gasteiger partial charge < -0.3 is 9.84 Å². The van der Waals surface area contributed by atoms with Gasteiger partial charge in [0.25, 0.3) is 0 Å². The lowest BCUT2D eigenvalue weighted by molar-refractivity contribution is 0.227. The SMILES string of the molecule is N=C(OCCCO)c1ccccc1. The lowest BCUT2D eigenvalue weighted by atomic mass is 10.2. The molecule has 0 aliphatic rings. The molecule has 0 atom stereocenters. The van der Waals surface area contributed by atoms with Gasteiger partial charge in [0.15, 0.2) is 0 Å². The summed E-state index contributed by atoms with van der Waals surface area (Å²) in [4.78, 5) is 0. The Bertz CT molecular complexity index is 259. The minimum absolute atomic E-state index is 0.0993. The lowest BCUT2D eigenvalue weighted by Gasteiger charge is -2.05. The number of hydrogen-bond donors (Lipinski definition) is 2. The number of aliphatic hydroxyl groups is 1. The number of rotatable bonds is 4. The summed E-state index contributed by atoms with van der Waals surface area (Å²) in [6, 6.07) is 9.26. The largest absolute Gasteiger partial charge is 0.478 e. The van der Waals surface area contributed by atoms with Crippen LogP contribution in [0.5, 0.6) is 0 Å². The number of nitrogens with one attached hydrogen (secondary N) is 1. The summed E-state index contributed by atoms with van der Waals surface area (Å²) in [6.45, 7) is 0.492. The predicted octanol–water partition coefficient (Wildman–Crippen LogP) is 1.41. The zero-order valence-corrected chi connectivity index (χ0v) is 7.36. The van der Waals surface area contributed by atoms with Crippen molar-refractivity contribution < 1.29 is 9.84 Å². The van der Waals surface area contributed by atoms with Gasteiger partial charge in [-0.1, -0.05) is 18.2 Å². The van der Waals surface area contributed by atoms with Gasteiger partial charge in [-0.25, -0.2) is 0 Å². The molecule has 0 aliphatic heterocycles. The molecule has 1 rings (SSSR count). The van der Waals surface area contributed by atoms with Crippen LogP contribution in [-0.4, -0.2) is 24.2 Å². The fraction of sp³-hybridized carbons (Fsp3) is 0.300. The van der Waals surface area contributed by atoms with E-state index >= 15 is 0 Å². The molecular formula is C10H13NO2. The second-order valence-corrected chi connectivity index (χ2v) is 2.62. The minimum Gasteiger partial charge on any atom is -0.478 e. The van der Waals surface area contributed by atoms with Crippen LogP contribution in [0.3, 0.4) is 0 Å². The Kier molecular flexibility index (Phi) is 3.99. The number of ether oxygens (including phenoxy) is 1. The fourth-order valence-electron chi connectivity index (χ4n) is 0.912. The summed E-state index contributed by atoms with van der Waals surface area (Å²) < 4.78 is 5.09. The van der Waals surface area contributed by atoms with Crippen LogP contribution in [0, 0.1) is 5.41 Å². The third kappa shape index (κ3) is 3.25. The molecule has 0 fully saturated rings. The van der Waals surface area contributed by atoms with Gasteiger partial charge in [-0.3, -0.25) is 5.41 Å². The average Bonchev–Trinajstić information content (AvgIpc) is 2.19. The van der Waals surface area contributed by atoms with Crippen LogP contribution >= 0.6 is 0 Å². The van der Waals surface area contributed by atoms with E-state index in [9.17, 15) is 0 Å². The van der Waals surface area contributed by atoms with Crippen molar-refractivity contribution in [1.82, 2.24) is 0 Å². The van der Waals surface area contributed by atoms with E-state index < -0.39 is 0 Å². The van der Waals surface area contributed by atoms with Gasteiger partial charge in [0.05, 0.1) is 6.61 Å². The quantitative estimate of drug-likeness (QED) is 0.417. The normalized spacial score (nSPS) is 9.62. The number of hydrogen-bond acceptors (Lipinski definition) is 3. The maximum Gasteiger partial charge on any atom is 0.213 e. The third-order valence-corrected chi connectivity index (χ3v) is 1.58. The van der Waals surface area contributed by atoms with Crippen molar-refractivity contribution in [2.24, 2.45) is 0 Å². The van der Waals surface area contributed by atoms with Crippen LogP contribution in [-0.2, 0) is 4.74 Å². The first kappa shape index (κ1) is 9.74. The summed E-state index contributed by atoms with van der Waals surface area (Å²) in [7, 11) is 0. The Morgan fingerprint density at radius 2 is 2.00 bits per heavy atom. The topological polar surface area (TPSA) is 53.3 Å². The summed E-state index contributed by atoms with van der Waals surface area (Å²) in [5.41, 5.74) is 0.764. The van der Waals surface area contributed by atoms with Crippen molar-refractivity contribution in [3.63, 3.8) is 0 Å². The molecule has 0 bridgehead atoms. The van der Waals surface area contributed by atoms with Crippen molar-refractivity contribution in [1.29, 1.82) is 5.41 Å². The first-order valence-electron chi connectivity index (χ1n) is 4.22. The van der Waals surface area contributed by atoms with Gasteiger partial charge in [-0.2, -0.15) is 0 Å². The zero-order chi connectivity index (χ0) is 9.52. The van der Waals surface area contributed by atoms with Crippen molar-refractivity contribution in [3.8, 4) is 0 Å². The maximum absolute atomic E-state index is 8.50. The van der Waals surface area contributed by atoms with Crippen LogP contribution in [0.15, 0.2) is 30.3 Å². The highest BCUT2D eigenvalue weighted by Gasteiger charge is 1.99. The Labute approximate surface area is 77.5 Å². The van der Waals surface area contributed by atoms with Crippen LogP contribution in [0.2, 0.25) is 0 Å². The van der Waals surface area contributed by atoms with Gasteiger partial charge in [0.2, 0.25) is 5.90 Å². The van der Waals surface area contributed by atoms with Crippen LogP contribution < -0.4 is 0 Å². The van der Waals surface area contributed by atoms with Gasteiger partial charge in [-0.05, 0) is 12.1 Å². The molecule has 0 radical (unpaired) electrons. The van der Waals surface area contributed by atoms with Crippen molar-refractivity contribution >= 4 is 5.90 Å². The van der Waals surface area contributed by atoms with Gasteiger partial charge in [0, 0.05) is 18.6 Å². The fourth-order valence-corrected chi connectivity index (χ4v) is 0.912. The number of aliphatic hydroxyl groups excluding tert-OH is 1. The van der Waals surface area contributed by atoms with Gasteiger partial charge >= 0.3 is 0 Å². The van der Waals surface area contributed by atoms with Gasteiger partial charge in [-0.15, -0.1) is 0 Å². The maximum atomic E-state index is 8.50. The highest BCUT2D eigenvalue weighted by molar-refractivity contribution is 5.91. The molecule has 0 saturated carbocycles. The third-order valence-electron chi connectivity index (χ3n) is 1.58. The van der Waals surface area contributed by atoms with E-state index in [1.54, 1.807) is 0 Å². The van der Waals surface area contributed by atoms with E-state index in [0.717, 1.165) is 5.56 Å². The molecule has 1 aromatic rings. The smallest absolute Gasteiger partial charge is 0.213 e. The predicted molar refractivity (Wildman–Crippen MR) is 50.9 cm³/mol. The van der Waals surface area contributed by atoms with Crippen molar-refractivity contribution in [2.75, 3.05) is 13.2 Å². The summed E-state index contributed by atoms with van der Waals surface area (Å²) in [5, 5.41) is 16.0. The molecule has 3 nitrogen and oxygen atoms in total. The molecule has 0 amide bonds. The summed E-state index contributed by atoms with van der Waals surface area (Å²) in [6.07, 6.45) is 0.565. The monoisotopic (exact) mass is 179 g/mol. The molecule has 0 unspecified atom stereocenters. The molecule has 0 heterocycles. The Morgan fingerprint density at radius 1 is 1.31 bits per heavy atom. The summed E-state index contributed by atoms with van der Waals surface area (Å²) in [5.74, 6) is 0.161. The molecule has 0 aromatic heterocycles. The van der Waals surface area contributed by atoms with E-state index in [1.165, 1.54) is 0 Å². The van der Waals surface area contributed by atoms with Crippen LogP contribution in [0.1, 0.15) is 12.0 Å². The molecule has 0 spiro atoms. The lowest BCUT2D eigenvalue weighted by Crippen LogP contribution is -2.07. The molecule has 0 aliphatic carbocycles. The standard InChI is InChI=1S/C10H13NO2/c11-10(13-8-4-7-12)9-5-2-1-3-6-9/h1-3,5-6,11-12H,4,7-8H2. The van der Waals surface area contributed by atoms with E-state index in [1.807, 2.05) is 30.3 Å². The molecule has 2 N–H and O–H groups in total. The second-order valence-electron chi connectivity index (χ2n) is 2.62. The van der Waals surface area contributed by atoms with E-state index in [0.29, 0.717) is 13.0 Å². The summed E-state index contributed by atoms with van der Waals surface area (Å²) >= 11 is 0. The van der Waals surface area contributed by atoms with E-state index in [-0.39, 0.29) is 12.5 Å². The van der Waals surface area contributed by atoms with E-state index in [4.69, 9.17) is 15.3 Å². The molecular weight excluding hydrogens is 166 g/mol. The highest BCUT2D eigenvalue weighted by atomic mass is 16.5. The van der Waals surface area contributed by atoms with Crippen LogP contribution in [0.25, 0.3) is 0 Å². The van der Waals surface area contributed by atoms with E-state index in [2.05, 4.69) is 0 Å². The second kappa shape index (κ2) is 5.32. The molecule has 3 heteroatoms. The van der Waals surface area contributed by atoms with Crippen molar-refractivity contribution in [3.05, 3.63) is 35.9 Å².